The van der Waals surface area contributed by atoms with E-state index in [0.717, 1.165) is 18.4 Å². The third kappa shape index (κ3) is 3.21. The van der Waals surface area contributed by atoms with Crippen molar-refractivity contribution in [1.82, 2.24) is 9.97 Å². The molecule has 1 saturated heterocycles. The van der Waals surface area contributed by atoms with Crippen molar-refractivity contribution in [2.75, 3.05) is 18.0 Å². The van der Waals surface area contributed by atoms with Gasteiger partial charge in [-0.3, -0.25) is 4.79 Å². The third-order valence-corrected chi connectivity index (χ3v) is 4.42. The summed E-state index contributed by atoms with van der Waals surface area (Å²) in [5.74, 6) is -0.386. The summed E-state index contributed by atoms with van der Waals surface area (Å²) in [5, 5.41) is 19.9. The highest BCUT2D eigenvalue weighted by Gasteiger charge is 2.48. The number of carbonyl (C=O) groups is 1. The molecule has 2 N–H and O–H groups in total. The lowest BCUT2D eigenvalue weighted by atomic mass is 9.74. The van der Waals surface area contributed by atoms with Gasteiger partial charge in [0.1, 0.15) is 5.41 Å². The highest BCUT2D eigenvalue weighted by molar-refractivity contribution is 5.76. The van der Waals surface area contributed by atoms with Crippen molar-refractivity contribution in [2.24, 2.45) is 5.41 Å². The molecule has 1 aliphatic heterocycles. The molecule has 6 nitrogen and oxygen atoms in total. The number of carboxylic acid groups (broad SMARTS) is 1. The van der Waals surface area contributed by atoms with Gasteiger partial charge in [-0.25, -0.2) is 9.97 Å². The van der Waals surface area contributed by atoms with Crippen LogP contribution in [0.4, 0.5) is 5.95 Å². The van der Waals surface area contributed by atoms with Gasteiger partial charge < -0.3 is 15.1 Å². The Balaban J connectivity index is 2.20. The number of anilines is 1. The first-order valence-corrected chi connectivity index (χ1v) is 8.00. The van der Waals surface area contributed by atoms with Gasteiger partial charge in [0, 0.05) is 25.5 Å². The Morgan fingerprint density at radius 2 is 2.05 bits per heavy atom. The molecule has 6 heteroatoms. The fraction of sp³-hybridized carbons (Fsp3) is 0.688. The van der Waals surface area contributed by atoms with Crippen LogP contribution in [-0.4, -0.2) is 45.3 Å². The molecular formula is C16H25N3O3. The maximum atomic E-state index is 11.8. The van der Waals surface area contributed by atoms with Crippen LogP contribution in [-0.2, 0) is 11.2 Å². The normalized spacial score (nSPS) is 25.2. The van der Waals surface area contributed by atoms with Crippen LogP contribution < -0.4 is 4.90 Å². The minimum Gasteiger partial charge on any atom is -0.481 e. The summed E-state index contributed by atoms with van der Waals surface area (Å²) in [6, 6.07) is 0. The fourth-order valence-electron chi connectivity index (χ4n) is 3.19. The summed E-state index contributed by atoms with van der Waals surface area (Å²) in [4.78, 5) is 22.4. The molecular weight excluding hydrogens is 282 g/mol. The maximum absolute atomic E-state index is 11.8. The van der Waals surface area contributed by atoms with E-state index in [1.54, 1.807) is 12.4 Å². The number of carboxylic acids is 1. The summed E-state index contributed by atoms with van der Waals surface area (Å²) in [6.07, 6.45) is 6.36. The molecule has 0 unspecified atom stereocenters. The number of hydrogen-bond acceptors (Lipinski definition) is 5. The van der Waals surface area contributed by atoms with E-state index in [1.807, 2.05) is 11.8 Å². The molecule has 0 aliphatic carbocycles. The Kier molecular flexibility index (Phi) is 5.34. The summed E-state index contributed by atoms with van der Waals surface area (Å²) in [5.41, 5.74) is -0.0420. The average molecular weight is 307 g/mol. The molecule has 0 aromatic carbocycles. The molecule has 2 atom stereocenters. The first kappa shape index (κ1) is 16.7. The predicted octanol–water partition coefficient (Wildman–Crippen LogP) is 1.87. The Morgan fingerprint density at radius 3 is 2.59 bits per heavy atom. The van der Waals surface area contributed by atoms with Crippen LogP contribution in [0.5, 0.6) is 0 Å². The van der Waals surface area contributed by atoms with Gasteiger partial charge in [0.05, 0.1) is 6.10 Å². The van der Waals surface area contributed by atoms with E-state index in [9.17, 15) is 15.0 Å². The lowest BCUT2D eigenvalue weighted by Crippen LogP contribution is -2.56. The van der Waals surface area contributed by atoms with Gasteiger partial charge in [0.2, 0.25) is 5.95 Å². The van der Waals surface area contributed by atoms with E-state index in [2.05, 4.69) is 16.9 Å². The van der Waals surface area contributed by atoms with E-state index >= 15 is 0 Å². The van der Waals surface area contributed by atoms with Gasteiger partial charge in [-0.1, -0.05) is 26.7 Å². The van der Waals surface area contributed by atoms with Gasteiger partial charge >= 0.3 is 5.97 Å². The summed E-state index contributed by atoms with van der Waals surface area (Å²) in [7, 11) is 0. The van der Waals surface area contributed by atoms with Crippen LogP contribution >= 0.6 is 0 Å². The Morgan fingerprint density at radius 1 is 1.36 bits per heavy atom. The van der Waals surface area contributed by atoms with E-state index < -0.39 is 17.5 Å². The molecule has 0 radical (unpaired) electrons. The lowest BCUT2D eigenvalue weighted by Gasteiger charge is -2.43. The molecule has 2 rings (SSSR count). The largest absolute Gasteiger partial charge is 0.481 e. The van der Waals surface area contributed by atoms with E-state index in [0.29, 0.717) is 31.8 Å². The van der Waals surface area contributed by atoms with Crippen LogP contribution in [0.2, 0.25) is 0 Å². The summed E-state index contributed by atoms with van der Waals surface area (Å²) < 4.78 is 0. The average Bonchev–Trinajstić information content (AvgIpc) is 2.51. The monoisotopic (exact) mass is 307 g/mol. The van der Waals surface area contributed by atoms with Gasteiger partial charge in [0.15, 0.2) is 0 Å². The Bertz CT molecular complexity index is 506. The molecule has 1 fully saturated rings. The van der Waals surface area contributed by atoms with Gasteiger partial charge in [0.25, 0.3) is 0 Å². The maximum Gasteiger partial charge on any atom is 0.314 e. The molecule has 122 valence electrons. The number of aliphatic carboxylic acids is 1. The number of piperidine rings is 1. The van der Waals surface area contributed by atoms with E-state index in [1.165, 1.54) is 0 Å². The van der Waals surface area contributed by atoms with Crippen LogP contribution in [0, 0.1) is 5.41 Å². The van der Waals surface area contributed by atoms with E-state index in [4.69, 9.17) is 0 Å². The van der Waals surface area contributed by atoms with Gasteiger partial charge in [-0.2, -0.15) is 0 Å². The number of rotatable bonds is 6. The van der Waals surface area contributed by atoms with Crippen molar-refractivity contribution in [3.05, 3.63) is 18.0 Å². The van der Waals surface area contributed by atoms with Gasteiger partial charge in [-0.15, -0.1) is 0 Å². The van der Waals surface area contributed by atoms with Crippen molar-refractivity contribution in [1.29, 1.82) is 0 Å². The topological polar surface area (TPSA) is 86.5 Å². The molecule has 0 saturated carbocycles. The zero-order valence-corrected chi connectivity index (χ0v) is 13.3. The molecule has 0 bridgehead atoms. The van der Waals surface area contributed by atoms with Gasteiger partial charge in [-0.05, 0) is 24.8 Å². The first-order chi connectivity index (χ1) is 10.5. The van der Waals surface area contributed by atoms with Crippen LogP contribution in [0.15, 0.2) is 12.4 Å². The number of aromatic nitrogens is 2. The number of hydrogen-bond donors (Lipinski definition) is 2. The highest BCUT2D eigenvalue weighted by Crippen LogP contribution is 2.36. The van der Waals surface area contributed by atoms with Crippen LogP contribution in [0.1, 0.15) is 45.1 Å². The Hall–Kier alpha value is -1.69. The van der Waals surface area contributed by atoms with Crippen molar-refractivity contribution < 1.29 is 15.0 Å². The highest BCUT2D eigenvalue weighted by atomic mass is 16.4. The molecule has 1 aliphatic rings. The molecule has 0 amide bonds. The van der Waals surface area contributed by atoms with Crippen molar-refractivity contribution in [3.8, 4) is 0 Å². The van der Waals surface area contributed by atoms with Crippen LogP contribution in [0.25, 0.3) is 0 Å². The molecule has 1 aromatic rings. The summed E-state index contributed by atoms with van der Waals surface area (Å²) >= 11 is 0. The fourth-order valence-corrected chi connectivity index (χ4v) is 3.19. The zero-order chi connectivity index (χ0) is 16.2. The Labute approximate surface area is 131 Å². The second-order valence-corrected chi connectivity index (χ2v) is 6.08. The second kappa shape index (κ2) is 7.05. The lowest BCUT2D eigenvalue weighted by molar-refractivity contribution is -0.158. The minimum atomic E-state index is -1.13. The molecule has 1 aromatic heterocycles. The second-order valence-electron chi connectivity index (χ2n) is 6.08. The smallest absolute Gasteiger partial charge is 0.314 e. The predicted molar refractivity (Wildman–Crippen MR) is 83.8 cm³/mol. The molecule has 22 heavy (non-hydrogen) atoms. The van der Waals surface area contributed by atoms with Crippen molar-refractivity contribution >= 4 is 11.9 Å². The standard InChI is InChI=1S/C16H25N3O3/c1-3-5-12-9-17-15(18-10-12)19-8-6-13(20)16(11-19,7-4-2)14(21)22/h9-10,13,20H,3-8,11H2,1-2H3,(H,21,22)/t13-,16+/m1/s1. The number of aliphatic hydroxyl groups excluding tert-OH is 1. The minimum absolute atomic E-state index is 0.254. The van der Waals surface area contributed by atoms with Crippen LogP contribution in [0.3, 0.4) is 0 Å². The third-order valence-electron chi connectivity index (χ3n) is 4.42. The summed E-state index contributed by atoms with van der Waals surface area (Å²) in [6.45, 7) is 4.87. The van der Waals surface area contributed by atoms with Crippen molar-refractivity contribution in [2.45, 2.75) is 52.1 Å². The SMILES string of the molecule is CCCc1cnc(N2CC[C@@H](O)[C@@](CCC)(C(=O)O)C2)nc1. The number of aliphatic hydroxyl groups is 1. The zero-order valence-electron chi connectivity index (χ0n) is 13.3. The number of aryl methyl sites for hydroxylation is 1. The van der Waals surface area contributed by atoms with E-state index in [-0.39, 0.29) is 6.54 Å². The first-order valence-electron chi connectivity index (χ1n) is 8.00. The quantitative estimate of drug-likeness (QED) is 0.834. The molecule has 2 heterocycles. The molecule has 0 spiro atoms. The van der Waals surface area contributed by atoms with Crippen molar-refractivity contribution in [3.63, 3.8) is 0 Å². The number of nitrogens with zero attached hydrogens (tertiary/aromatic N) is 3.